The fraction of sp³-hybridized carbons (Fsp3) is 0.417. The first kappa shape index (κ1) is 9.72. The van der Waals surface area contributed by atoms with Crippen LogP contribution in [0.25, 0.3) is 0 Å². The number of Topliss-reactive ketones (excluding diaryl/α,β-unsaturated/α-hetero) is 1. The van der Waals surface area contributed by atoms with Gasteiger partial charge in [0.05, 0.1) is 0 Å². The van der Waals surface area contributed by atoms with Crippen molar-refractivity contribution in [2.75, 3.05) is 0 Å². The van der Waals surface area contributed by atoms with E-state index in [0.717, 1.165) is 29.8 Å². The molecule has 1 fully saturated rings. The van der Waals surface area contributed by atoms with Gasteiger partial charge in [-0.05, 0) is 30.4 Å². The average molecular weight is 209 g/mol. The standard InChI is InChI=1S/C12H13ClO/c13-12-7-2-1-6-11(12)9-4-3-5-10(14)8-9/h1-2,6-7,9H,3-5,8H2/t9-/m1/s1. The zero-order valence-corrected chi connectivity index (χ0v) is 8.76. The van der Waals surface area contributed by atoms with Gasteiger partial charge in [-0.15, -0.1) is 0 Å². The van der Waals surface area contributed by atoms with E-state index in [4.69, 9.17) is 11.6 Å². The van der Waals surface area contributed by atoms with E-state index in [1.807, 2.05) is 24.3 Å². The average Bonchev–Trinajstić information content (AvgIpc) is 2.18. The van der Waals surface area contributed by atoms with Crippen molar-refractivity contribution in [2.24, 2.45) is 0 Å². The molecular weight excluding hydrogens is 196 g/mol. The van der Waals surface area contributed by atoms with Gasteiger partial charge in [-0.3, -0.25) is 4.79 Å². The zero-order valence-electron chi connectivity index (χ0n) is 8.00. The molecule has 0 amide bonds. The number of ketones is 1. The molecule has 74 valence electrons. The van der Waals surface area contributed by atoms with Gasteiger partial charge in [-0.1, -0.05) is 29.8 Å². The first-order chi connectivity index (χ1) is 6.77. The Labute approximate surface area is 89.1 Å². The highest BCUT2D eigenvalue weighted by Crippen LogP contribution is 2.34. The Morgan fingerprint density at radius 3 is 2.79 bits per heavy atom. The minimum absolute atomic E-state index is 0.352. The number of hydrogen-bond donors (Lipinski definition) is 0. The lowest BCUT2D eigenvalue weighted by Crippen LogP contribution is -2.13. The molecule has 0 spiro atoms. The Morgan fingerprint density at radius 2 is 2.07 bits per heavy atom. The second-order valence-corrected chi connectivity index (χ2v) is 4.26. The Kier molecular flexibility index (Phi) is 2.87. The maximum Gasteiger partial charge on any atom is 0.133 e. The van der Waals surface area contributed by atoms with Crippen LogP contribution in [0.4, 0.5) is 0 Å². The molecule has 1 aliphatic rings. The number of benzene rings is 1. The van der Waals surface area contributed by atoms with Gasteiger partial charge in [0.25, 0.3) is 0 Å². The molecule has 2 heteroatoms. The normalized spacial score (nSPS) is 22.4. The van der Waals surface area contributed by atoms with Crippen LogP contribution in [-0.2, 0) is 4.79 Å². The molecule has 0 aromatic heterocycles. The minimum atomic E-state index is 0.352. The van der Waals surface area contributed by atoms with Gasteiger partial charge in [0.15, 0.2) is 0 Å². The predicted molar refractivity (Wildman–Crippen MR) is 57.7 cm³/mol. The molecule has 1 saturated carbocycles. The summed E-state index contributed by atoms with van der Waals surface area (Å²) in [5.74, 6) is 0.728. The first-order valence-corrected chi connectivity index (χ1v) is 5.41. The van der Waals surface area contributed by atoms with Crippen LogP contribution in [0, 0.1) is 0 Å². The van der Waals surface area contributed by atoms with Crippen LogP contribution < -0.4 is 0 Å². The second kappa shape index (κ2) is 4.14. The molecule has 0 saturated heterocycles. The van der Waals surface area contributed by atoms with Crippen molar-refractivity contribution in [2.45, 2.75) is 31.6 Å². The van der Waals surface area contributed by atoms with Crippen LogP contribution in [0.15, 0.2) is 24.3 Å². The molecule has 14 heavy (non-hydrogen) atoms. The molecule has 2 rings (SSSR count). The molecule has 0 aliphatic heterocycles. The number of hydrogen-bond acceptors (Lipinski definition) is 1. The summed E-state index contributed by atoms with van der Waals surface area (Å²) in [6, 6.07) is 7.85. The molecule has 1 aliphatic carbocycles. The third kappa shape index (κ3) is 1.98. The SMILES string of the molecule is O=C1CCC[C@@H](c2ccccc2Cl)C1. The lowest BCUT2D eigenvalue weighted by atomic mass is 9.83. The zero-order chi connectivity index (χ0) is 9.97. The monoisotopic (exact) mass is 208 g/mol. The third-order valence-electron chi connectivity index (χ3n) is 2.83. The highest BCUT2D eigenvalue weighted by atomic mass is 35.5. The van der Waals surface area contributed by atoms with Gasteiger partial charge < -0.3 is 0 Å². The maximum atomic E-state index is 11.3. The number of carbonyl (C=O) groups excluding carboxylic acids is 1. The molecule has 0 bridgehead atoms. The smallest absolute Gasteiger partial charge is 0.133 e. The maximum absolute atomic E-state index is 11.3. The van der Waals surface area contributed by atoms with Crippen molar-refractivity contribution < 1.29 is 4.79 Å². The topological polar surface area (TPSA) is 17.1 Å². The summed E-state index contributed by atoms with van der Waals surface area (Å²) in [7, 11) is 0. The van der Waals surface area contributed by atoms with Crippen LogP contribution in [-0.4, -0.2) is 5.78 Å². The largest absolute Gasteiger partial charge is 0.300 e. The van der Waals surface area contributed by atoms with Gasteiger partial charge in [-0.25, -0.2) is 0 Å². The summed E-state index contributed by atoms with van der Waals surface area (Å²) in [5.41, 5.74) is 1.14. The van der Waals surface area contributed by atoms with E-state index in [-0.39, 0.29) is 0 Å². The van der Waals surface area contributed by atoms with Crippen LogP contribution in [0.1, 0.15) is 37.2 Å². The second-order valence-electron chi connectivity index (χ2n) is 3.85. The lowest BCUT2D eigenvalue weighted by Gasteiger charge is -2.21. The Hall–Kier alpha value is -0.820. The van der Waals surface area contributed by atoms with E-state index >= 15 is 0 Å². The van der Waals surface area contributed by atoms with E-state index in [1.54, 1.807) is 0 Å². The Morgan fingerprint density at radius 1 is 1.29 bits per heavy atom. The van der Waals surface area contributed by atoms with E-state index in [9.17, 15) is 4.79 Å². The van der Waals surface area contributed by atoms with Crippen LogP contribution in [0.5, 0.6) is 0 Å². The molecule has 0 unspecified atom stereocenters. The lowest BCUT2D eigenvalue weighted by molar-refractivity contribution is -0.120. The number of carbonyl (C=O) groups is 1. The van der Waals surface area contributed by atoms with Crippen molar-refractivity contribution in [1.82, 2.24) is 0 Å². The third-order valence-corrected chi connectivity index (χ3v) is 3.17. The summed E-state index contributed by atoms with van der Waals surface area (Å²) >= 11 is 6.09. The van der Waals surface area contributed by atoms with Crippen molar-refractivity contribution in [3.05, 3.63) is 34.9 Å². The van der Waals surface area contributed by atoms with Crippen molar-refractivity contribution in [1.29, 1.82) is 0 Å². The molecule has 1 nitrogen and oxygen atoms in total. The molecule has 1 aromatic rings. The highest BCUT2D eigenvalue weighted by molar-refractivity contribution is 6.31. The minimum Gasteiger partial charge on any atom is -0.300 e. The van der Waals surface area contributed by atoms with Crippen LogP contribution in [0.3, 0.4) is 0 Å². The van der Waals surface area contributed by atoms with E-state index < -0.39 is 0 Å². The molecular formula is C12H13ClO. The number of halogens is 1. The van der Waals surface area contributed by atoms with Gasteiger partial charge >= 0.3 is 0 Å². The van der Waals surface area contributed by atoms with E-state index in [2.05, 4.69) is 0 Å². The quantitative estimate of drug-likeness (QED) is 0.690. The highest BCUT2D eigenvalue weighted by Gasteiger charge is 2.22. The summed E-state index contributed by atoms with van der Waals surface area (Å²) in [6.45, 7) is 0. The Bertz CT molecular complexity index is 346. The summed E-state index contributed by atoms with van der Waals surface area (Å²) in [6.07, 6.45) is 3.52. The molecule has 0 radical (unpaired) electrons. The summed E-state index contributed by atoms with van der Waals surface area (Å²) in [5, 5.41) is 0.798. The molecule has 0 N–H and O–H groups in total. The van der Waals surface area contributed by atoms with Crippen LogP contribution >= 0.6 is 11.6 Å². The summed E-state index contributed by atoms with van der Waals surface area (Å²) < 4.78 is 0. The Balaban J connectivity index is 2.22. The molecule has 1 atom stereocenters. The molecule has 0 heterocycles. The van der Waals surface area contributed by atoms with Crippen molar-refractivity contribution >= 4 is 17.4 Å². The van der Waals surface area contributed by atoms with Gasteiger partial charge in [0.1, 0.15) is 5.78 Å². The van der Waals surface area contributed by atoms with Crippen molar-refractivity contribution in [3.63, 3.8) is 0 Å². The first-order valence-electron chi connectivity index (χ1n) is 5.03. The van der Waals surface area contributed by atoms with Gasteiger partial charge in [0.2, 0.25) is 0 Å². The summed E-state index contributed by atoms with van der Waals surface area (Å²) in [4.78, 5) is 11.3. The van der Waals surface area contributed by atoms with Gasteiger partial charge in [-0.2, -0.15) is 0 Å². The fourth-order valence-electron chi connectivity index (χ4n) is 2.10. The number of rotatable bonds is 1. The van der Waals surface area contributed by atoms with E-state index in [1.165, 1.54) is 0 Å². The van der Waals surface area contributed by atoms with Crippen molar-refractivity contribution in [3.8, 4) is 0 Å². The molecule has 1 aromatic carbocycles. The van der Waals surface area contributed by atoms with Gasteiger partial charge in [0, 0.05) is 17.9 Å². The van der Waals surface area contributed by atoms with Crippen LogP contribution in [0.2, 0.25) is 5.02 Å². The fourth-order valence-corrected chi connectivity index (χ4v) is 2.39. The van der Waals surface area contributed by atoms with E-state index in [0.29, 0.717) is 18.1 Å². The predicted octanol–water partition coefficient (Wildman–Crippen LogP) is 3.57.